The number of hydrogen-bond acceptors (Lipinski definition) is 3. The van der Waals surface area contributed by atoms with Crippen molar-refractivity contribution in [1.29, 1.82) is 0 Å². The van der Waals surface area contributed by atoms with Crippen LogP contribution in [0.3, 0.4) is 0 Å². The summed E-state index contributed by atoms with van der Waals surface area (Å²) in [6.45, 7) is 5.11. The lowest BCUT2D eigenvalue weighted by Crippen LogP contribution is -2.43. The molecule has 1 unspecified atom stereocenters. The van der Waals surface area contributed by atoms with Crippen LogP contribution in [-0.4, -0.2) is 19.3 Å². The van der Waals surface area contributed by atoms with Crippen LogP contribution in [0.1, 0.15) is 49.1 Å². The Balaban J connectivity index is 2.29. The molecule has 1 saturated carbocycles. The van der Waals surface area contributed by atoms with Gasteiger partial charge in [0.05, 0.1) is 11.6 Å². The maximum atomic E-state index is 6.17. The fourth-order valence-electron chi connectivity index (χ4n) is 3.09. The lowest BCUT2D eigenvalue weighted by molar-refractivity contribution is -0.0603. The molecule has 96 valence electrons. The molecule has 0 bridgehead atoms. The summed E-state index contributed by atoms with van der Waals surface area (Å²) in [5.41, 5.74) is 1.42. The van der Waals surface area contributed by atoms with E-state index in [1.165, 1.54) is 36.1 Å². The molecule has 1 aliphatic carbocycles. The second-order valence-corrected chi connectivity index (χ2v) is 5.84. The van der Waals surface area contributed by atoms with Crippen molar-refractivity contribution >= 4 is 11.3 Å². The Bertz CT molecular complexity index is 355. The molecule has 1 aliphatic rings. The molecule has 0 amide bonds. The molecule has 0 spiro atoms. The van der Waals surface area contributed by atoms with Gasteiger partial charge in [-0.05, 0) is 50.7 Å². The molecule has 1 fully saturated rings. The number of thiophene rings is 1. The SMILES string of the molecule is CCOC1(C(NC)c2sccc2C)CCCC1. The van der Waals surface area contributed by atoms with Gasteiger partial charge >= 0.3 is 0 Å². The zero-order valence-electron chi connectivity index (χ0n) is 11.1. The Morgan fingerprint density at radius 3 is 2.65 bits per heavy atom. The van der Waals surface area contributed by atoms with Crippen molar-refractivity contribution in [1.82, 2.24) is 5.32 Å². The molecule has 0 aliphatic heterocycles. The number of nitrogens with one attached hydrogen (secondary N) is 1. The van der Waals surface area contributed by atoms with Crippen molar-refractivity contribution < 1.29 is 4.74 Å². The minimum absolute atomic E-state index is 0.0269. The number of ether oxygens (including phenoxy) is 1. The van der Waals surface area contributed by atoms with Crippen LogP contribution in [0.4, 0.5) is 0 Å². The van der Waals surface area contributed by atoms with Crippen molar-refractivity contribution in [2.75, 3.05) is 13.7 Å². The van der Waals surface area contributed by atoms with Crippen LogP contribution in [0, 0.1) is 6.92 Å². The van der Waals surface area contributed by atoms with E-state index < -0.39 is 0 Å². The van der Waals surface area contributed by atoms with Crippen molar-refractivity contribution in [3.05, 3.63) is 21.9 Å². The lowest BCUT2D eigenvalue weighted by Gasteiger charge is -2.37. The Labute approximate surface area is 108 Å². The zero-order chi connectivity index (χ0) is 12.3. The third-order valence-electron chi connectivity index (χ3n) is 3.86. The van der Waals surface area contributed by atoms with Crippen molar-refractivity contribution in [2.45, 2.75) is 51.2 Å². The van der Waals surface area contributed by atoms with E-state index in [9.17, 15) is 0 Å². The van der Waals surface area contributed by atoms with E-state index in [0.717, 1.165) is 6.61 Å². The van der Waals surface area contributed by atoms with E-state index >= 15 is 0 Å². The van der Waals surface area contributed by atoms with Gasteiger partial charge in [0.2, 0.25) is 0 Å². The van der Waals surface area contributed by atoms with E-state index in [1.54, 1.807) is 0 Å². The van der Waals surface area contributed by atoms with Gasteiger partial charge in [-0.15, -0.1) is 11.3 Å². The van der Waals surface area contributed by atoms with Crippen LogP contribution >= 0.6 is 11.3 Å². The van der Waals surface area contributed by atoms with Gasteiger partial charge in [-0.1, -0.05) is 12.8 Å². The monoisotopic (exact) mass is 253 g/mol. The molecule has 1 atom stereocenters. The summed E-state index contributed by atoms with van der Waals surface area (Å²) >= 11 is 1.85. The topological polar surface area (TPSA) is 21.3 Å². The highest BCUT2D eigenvalue weighted by Gasteiger charge is 2.43. The van der Waals surface area contributed by atoms with Crippen molar-refractivity contribution in [3.63, 3.8) is 0 Å². The predicted molar refractivity (Wildman–Crippen MR) is 73.7 cm³/mol. The summed E-state index contributed by atoms with van der Waals surface area (Å²) in [5.74, 6) is 0. The number of likely N-dealkylation sites (N-methyl/N-ethyl adjacent to an activating group) is 1. The van der Waals surface area contributed by atoms with E-state index in [-0.39, 0.29) is 5.60 Å². The molecule has 0 saturated heterocycles. The predicted octanol–water partition coefficient (Wildman–Crippen LogP) is 3.67. The first-order chi connectivity index (χ1) is 8.23. The van der Waals surface area contributed by atoms with E-state index in [0.29, 0.717) is 6.04 Å². The van der Waals surface area contributed by atoms with Gasteiger partial charge in [0.25, 0.3) is 0 Å². The average molecular weight is 253 g/mol. The maximum Gasteiger partial charge on any atom is 0.0884 e. The number of hydrogen-bond donors (Lipinski definition) is 1. The fraction of sp³-hybridized carbons (Fsp3) is 0.714. The quantitative estimate of drug-likeness (QED) is 0.864. The van der Waals surface area contributed by atoms with Gasteiger partial charge in [0.1, 0.15) is 0 Å². The van der Waals surface area contributed by atoms with E-state index in [1.807, 2.05) is 11.3 Å². The van der Waals surface area contributed by atoms with Gasteiger partial charge < -0.3 is 10.1 Å². The third kappa shape index (κ3) is 2.42. The Kier molecular flexibility index (Phi) is 4.23. The molecule has 1 heterocycles. The number of rotatable bonds is 5. The van der Waals surface area contributed by atoms with Crippen LogP contribution in [0.15, 0.2) is 11.4 Å². The highest BCUT2D eigenvalue weighted by atomic mass is 32.1. The second kappa shape index (κ2) is 5.51. The highest BCUT2D eigenvalue weighted by molar-refractivity contribution is 7.10. The molecule has 2 rings (SSSR count). The van der Waals surface area contributed by atoms with Crippen LogP contribution in [0.5, 0.6) is 0 Å². The van der Waals surface area contributed by atoms with Gasteiger partial charge in [-0.2, -0.15) is 0 Å². The van der Waals surface area contributed by atoms with E-state index in [4.69, 9.17) is 4.74 Å². The van der Waals surface area contributed by atoms with Crippen molar-refractivity contribution in [2.24, 2.45) is 0 Å². The summed E-state index contributed by atoms with van der Waals surface area (Å²) < 4.78 is 6.17. The first-order valence-electron chi connectivity index (χ1n) is 6.58. The molecular formula is C14H23NOS. The Morgan fingerprint density at radius 2 is 2.18 bits per heavy atom. The summed E-state index contributed by atoms with van der Waals surface area (Å²) in [6.07, 6.45) is 4.96. The first-order valence-corrected chi connectivity index (χ1v) is 7.46. The zero-order valence-corrected chi connectivity index (χ0v) is 11.9. The van der Waals surface area contributed by atoms with Gasteiger partial charge in [0.15, 0.2) is 0 Å². The van der Waals surface area contributed by atoms with Crippen LogP contribution in [0.25, 0.3) is 0 Å². The number of aryl methyl sites for hydroxylation is 1. The van der Waals surface area contributed by atoms with Crippen LogP contribution in [-0.2, 0) is 4.74 Å². The van der Waals surface area contributed by atoms with E-state index in [2.05, 4.69) is 37.7 Å². The molecule has 1 aromatic rings. The third-order valence-corrected chi connectivity index (χ3v) is 4.94. The molecule has 1 aromatic heterocycles. The highest BCUT2D eigenvalue weighted by Crippen LogP contribution is 2.44. The summed E-state index contributed by atoms with van der Waals surface area (Å²) in [5, 5.41) is 5.68. The van der Waals surface area contributed by atoms with Crippen LogP contribution < -0.4 is 5.32 Å². The second-order valence-electron chi connectivity index (χ2n) is 4.89. The van der Waals surface area contributed by atoms with Crippen LogP contribution in [0.2, 0.25) is 0 Å². The Hall–Kier alpha value is -0.380. The largest absolute Gasteiger partial charge is 0.373 e. The molecule has 3 heteroatoms. The van der Waals surface area contributed by atoms with Gasteiger partial charge in [0, 0.05) is 11.5 Å². The van der Waals surface area contributed by atoms with Gasteiger partial charge in [-0.3, -0.25) is 0 Å². The standard InChI is InChI=1S/C14H23NOS/c1-4-16-14(8-5-6-9-14)13(15-3)12-11(2)7-10-17-12/h7,10,13,15H,4-6,8-9H2,1-3H3. The average Bonchev–Trinajstić information content (AvgIpc) is 2.92. The summed E-state index contributed by atoms with van der Waals surface area (Å²) in [7, 11) is 2.06. The molecule has 2 nitrogen and oxygen atoms in total. The molecule has 1 N–H and O–H groups in total. The molecule has 17 heavy (non-hydrogen) atoms. The molecular weight excluding hydrogens is 230 g/mol. The Morgan fingerprint density at radius 1 is 1.47 bits per heavy atom. The lowest BCUT2D eigenvalue weighted by atomic mass is 9.89. The minimum atomic E-state index is 0.0269. The normalized spacial score (nSPS) is 20.6. The fourth-order valence-corrected chi connectivity index (χ4v) is 4.23. The first kappa shape index (κ1) is 13.1. The van der Waals surface area contributed by atoms with Crippen molar-refractivity contribution in [3.8, 4) is 0 Å². The summed E-state index contributed by atoms with van der Waals surface area (Å²) in [6, 6.07) is 2.56. The minimum Gasteiger partial charge on any atom is -0.373 e. The smallest absolute Gasteiger partial charge is 0.0884 e. The van der Waals surface area contributed by atoms with Gasteiger partial charge in [-0.25, -0.2) is 0 Å². The maximum absolute atomic E-state index is 6.17. The summed E-state index contributed by atoms with van der Waals surface area (Å²) in [4.78, 5) is 1.45. The molecule has 0 aromatic carbocycles. The molecule has 0 radical (unpaired) electrons.